The minimum Gasteiger partial charge on any atom is -0.326 e. The van der Waals surface area contributed by atoms with Crippen molar-refractivity contribution in [3.8, 4) is 0 Å². The lowest BCUT2D eigenvalue weighted by atomic mass is 9.84. The molecule has 5 nitrogen and oxygen atoms in total. The molecular weight excluding hydrogens is 300 g/mol. The molecule has 2 aliphatic rings. The SMILES string of the molecule is NN(CC1CCCCC1)C1CCC(C(=O)Nc2ccncc2)CC1. The second kappa shape index (κ2) is 8.58. The van der Waals surface area contributed by atoms with Crippen molar-refractivity contribution in [1.29, 1.82) is 0 Å². The number of aromatic nitrogens is 1. The van der Waals surface area contributed by atoms with Gasteiger partial charge < -0.3 is 5.32 Å². The zero-order chi connectivity index (χ0) is 16.8. The largest absolute Gasteiger partial charge is 0.326 e. The molecule has 2 saturated carbocycles. The summed E-state index contributed by atoms with van der Waals surface area (Å²) in [5.74, 6) is 7.37. The highest BCUT2D eigenvalue weighted by Crippen LogP contribution is 2.30. The standard InChI is InChI=1S/C19H30N4O/c20-23(14-15-4-2-1-3-5-15)18-8-6-16(7-9-18)19(24)22-17-10-12-21-13-11-17/h10-13,15-16,18H,1-9,14,20H2,(H,21,22,24). The summed E-state index contributed by atoms with van der Waals surface area (Å²) in [6.07, 6.45) is 14.1. The molecule has 1 heterocycles. The zero-order valence-corrected chi connectivity index (χ0v) is 14.5. The number of carbonyl (C=O) groups excluding carboxylic acids is 1. The van der Waals surface area contributed by atoms with Gasteiger partial charge in [0.15, 0.2) is 0 Å². The first-order valence-electron chi connectivity index (χ1n) is 9.44. The van der Waals surface area contributed by atoms with Gasteiger partial charge >= 0.3 is 0 Å². The van der Waals surface area contributed by atoms with Crippen LogP contribution in [0.25, 0.3) is 0 Å². The van der Waals surface area contributed by atoms with Crippen LogP contribution in [0.5, 0.6) is 0 Å². The van der Waals surface area contributed by atoms with Crippen LogP contribution in [0.1, 0.15) is 57.8 Å². The number of hydrazine groups is 1. The van der Waals surface area contributed by atoms with Gasteiger partial charge in [-0.05, 0) is 56.6 Å². The highest BCUT2D eigenvalue weighted by molar-refractivity contribution is 5.92. The predicted molar refractivity (Wildman–Crippen MR) is 96.1 cm³/mol. The number of anilines is 1. The first kappa shape index (κ1) is 17.4. The van der Waals surface area contributed by atoms with Gasteiger partial charge in [-0.1, -0.05) is 19.3 Å². The van der Waals surface area contributed by atoms with Crippen molar-refractivity contribution in [3.05, 3.63) is 24.5 Å². The van der Waals surface area contributed by atoms with E-state index in [1.54, 1.807) is 12.4 Å². The monoisotopic (exact) mass is 330 g/mol. The van der Waals surface area contributed by atoms with Crippen LogP contribution < -0.4 is 11.2 Å². The number of hydrogen-bond acceptors (Lipinski definition) is 4. The van der Waals surface area contributed by atoms with E-state index in [0.29, 0.717) is 6.04 Å². The molecule has 1 amide bonds. The molecule has 0 radical (unpaired) electrons. The summed E-state index contributed by atoms with van der Waals surface area (Å²) in [6.45, 7) is 1.03. The molecule has 132 valence electrons. The Morgan fingerprint density at radius 2 is 1.75 bits per heavy atom. The molecule has 0 aliphatic heterocycles. The minimum absolute atomic E-state index is 0.109. The second-order valence-electron chi connectivity index (χ2n) is 7.43. The summed E-state index contributed by atoms with van der Waals surface area (Å²) in [5, 5.41) is 5.07. The highest BCUT2D eigenvalue weighted by atomic mass is 16.1. The number of nitrogens with two attached hydrogens (primary N) is 1. The van der Waals surface area contributed by atoms with Crippen molar-refractivity contribution >= 4 is 11.6 Å². The summed E-state index contributed by atoms with van der Waals surface area (Å²) < 4.78 is 0. The molecule has 3 rings (SSSR count). The Bertz CT molecular complexity index is 507. The first-order valence-corrected chi connectivity index (χ1v) is 9.44. The summed E-state index contributed by atoms with van der Waals surface area (Å²) in [7, 11) is 0. The van der Waals surface area contributed by atoms with Gasteiger partial charge in [-0.15, -0.1) is 0 Å². The van der Waals surface area contributed by atoms with Crippen LogP contribution in [-0.2, 0) is 4.79 Å². The maximum Gasteiger partial charge on any atom is 0.227 e. The third kappa shape index (κ3) is 4.77. The number of nitrogens with zero attached hydrogens (tertiary/aromatic N) is 2. The van der Waals surface area contributed by atoms with Gasteiger partial charge in [0.25, 0.3) is 0 Å². The van der Waals surface area contributed by atoms with Gasteiger partial charge in [-0.2, -0.15) is 0 Å². The molecule has 1 aromatic heterocycles. The van der Waals surface area contributed by atoms with Crippen LogP contribution in [0.3, 0.4) is 0 Å². The van der Waals surface area contributed by atoms with E-state index in [9.17, 15) is 4.79 Å². The predicted octanol–water partition coefficient (Wildman–Crippen LogP) is 3.33. The average molecular weight is 330 g/mol. The van der Waals surface area contributed by atoms with E-state index in [0.717, 1.165) is 43.8 Å². The molecule has 0 bridgehead atoms. The van der Waals surface area contributed by atoms with Crippen molar-refractivity contribution in [2.75, 3.05) is 11.9 Å². The zero-order valence-electron chi connectivity index (χ0n) is 14.5. The van der Waals surface area contributed by atoms with Crippen molar-refractivity contribution in [1.82, 2.24) is 9.99 Å². The minimum atomic E-state index is 0.109. The molecule has 0 aromatic carbocycles. The fourth-order valence-electron chi connectivity index (χ4n) is 4.17. The Morgan fingerprint density at radius 3 is 2.42 bits per heavy atom. The lowest BCUT2D eigenvalue weighted by Gasteiger charge is -2.36. The molecule has 0 unspecified atom stereocenters. The van der Waals surface area contributed by atoms with Crippen LogP contribution >= 0.6 is 0 Å². The van der Waals surface area contributed by atoms with Crippen LogP contribution in [0, 0.1) is 11.8 Å². The Kier molecular flexibility index (Phi) is 6.21. The summed E-state index contributed by atoms with van der Waals surface area (Å²) in [4.78, 5) is 16.4. The quantitative estimate of drug-likeness (QED) is 0.641. The molecule has 5 heteroatoms. The number of nitrogens with one attached hydrogen (secondary N) is 1. The van der Waals surface area contributed by atoms with Crippen LogP contribution in [0.4, 0.5) is 5.69 Å². The molecule has 0 atom stereocenters. The van der Waals surface area contributed by atoms with Crippen molar-refractivity contribution < 1.29 is 4.79 Å². The number of rotatable bonds is 5. The second-order valence-corrected chi connectivity index (χ2v) is 7.43. The van der Waals surface area contributed by atoms with Crippen LogP contribution in [0.2, 0.25) is 0 Å². The summed E-state index contributed by atoms with van der Waals surface area (Å²) in [5.41, 5.74) is 0.829. The Balaban J connectivity index is 1.42. The van der Waals surface area contributed by atoms with E-state index in [4.69, 9.17) is 5.84 Å². The molecule has 0 saturated heterocycles. The molecule has 24 heavy (non-hydrogen) atoms. The van der Waals surface area contributed by atoms with Gasteiger partial charge in [0.05, 0.1) is 0 Å². The van der Waals surface area contributed by atoms with E-state index in [1.807, 2.05) is 12.1 Å². The van der Waals surface area contributed by atoms with Crippen molar-refractivity contribution in [3.63, 3.8) is 0 Å². The number of carbonyl (C=O) groups is 1. The first-order chi connectivity index (χ1) is 11.7. The maximum atomic E-state index is 12.4. The number of hydrogen-bond donors (Lipinski definition) is 2. The highest BCUT2D eigenvalue weighted by Gasteiger charge is 2.29. The normalized spacial score (nSPS) is 25.6. The van der Waals surface area contributed by atoms with Crippen molar-refractivity contribution in [2.24, 2.45) is 17.7 Å². The lowest BCUT2D eigenvalue weighted by Crippen LogP contribution is -2.46. The topological polar surface area (TPSA) is 71.2 Å². The maximum absolute atomic E-state index is 12.4. The molecule has 3 N–H and O–H groups in total. The van der Waals surface area contributed by atoms with E-state index >= 15 is 0 Å². The lowest BCUT2D eigenvalue weighted by molar-refractivity contribution is -0.121. The molecule has 0 spiro atoms. The number of pyridine rings is 1. The van der Waals surface area contributed by atoms with E-state index in [-0.39, 0.29) is 11.8 Å². The Hall–Kier alpha value is -1.46. The average Bonchev–Trinajstić information content (AvgIpc) is 2.63. The third-order valence-corrected chi connectivity index (χ3v) is 5.68. The van der Waals surface area contributed by atoms with E-state index in [1.165, 1.54) is 32.1 Å². The Labute approximate surface area is 145 Å². The third-order valence-electron chi connectivity index (χ3n) is 5.68. The van der Waals surface area contributed by atoms with E-state index < -0.39 is 0 Å². The van der Waals surface area contributed by atoms with Gasteiger partial charge in [0.2, 0.25) is 5.91 Å². The number of amides is 1. The summed E-state index contributed by atoms with van der Waals surface area (Å²) >= 11 is 0. The smallest absolute Gasteiger partial charge is 0.227 e. The van der Waals surface area contributed by atoms with Crippen LogP contribution in [-0.4, -0.2) is 28.5 Å². The Morgan fingerprint density at radius 1 is 1.08 bits per heavy atom. The van der Waals surface area contributed by atoms with Gasteiger partial charge in [0.1, 0.15) is 0 Å². The fourth-order valence-corrected chi connectivity index (χ4v) is 4.17. The molecule has 2 fully saturated rings. The van der Waals surface area contributed by atoms with Gasteiger partial charge in [-0.25, -0.2) is 5.01 Å². The van der Waals surface area contributed by atoms with Gasteiger partial charge in [0, 0.05) is 36.6 Å². The van der Waals surface area contributed by atoms with E-state index in [2.05, 4.69) is 15.3 Å². The summed E-state index contributed by atoms with van der Waals surface area (Å²) in [6, 6.07) is 4.10. The van der Waals surface area contributed by atoms with Gasteiger partial charge in [-0.3, -0.25) is 15.6 Å². The van der Waals surface area contributed by atoms with Crippen molar-refractivity contribution in [2.45, 2.75) is 63.8 Å². The molecule has 2 aliphatic carbocycles. The van der Waals surface area contributed by atoms with Crippen LogP contribution in [0.15, 0.2) is 24.5 Å². The fraction of sp³-hybridized carbons (Fsp3) is 0.684. The molecule has 1 aromatic rings. The molecular formula is C19H30N4O.